The Labute approximate surface area is 275 Å². The number of carbonyl (C=O) groups excluding carboxylic acids is 1. The van der Waals surface area contributed by atoms with E-state index in [1.807, 2.05) is 78.9 Å². The molecule has 0 saturated heterocycles. The van der Waals surface area contributed by atoms with Gasteiger partial charge in [0, 0.05) is 23.8 Å². The van der Waals surface area contributed by atoms with Gasteiger partial charge in [-0.15, -0.1) is 0 Å². The molecule has 1 atom stereocenters. The number of aryl methyl sites for hydroxylation is 1. The summed E-state index contributed by atoms with van der Waals surface area (Å²) in [7, 11) is 0. The molecule has 1 amide bonds. The van der Waals surface area contributed by atoms with Gasteiger partial charge in [0.2, 0.25) is 0 Å². The first-order valence-electron chi connectivity index (χ1n) is 15.2. The van der Waals surface area contributed by atoms with Gasteiger partial charge in [0.15, 0.2) is 0 Å². The van der Waals surface area contributed by atoms with Crippen LogP contribution in [0.25, 0.3) is 32.7 Å². The molecule has 2 N–H and O–H groups in total. The first-order valence-corrected chi connectivity index (χ1v) is 15.2. The topological polar surface area (TPSA) is 134 Å². The molecular formula is C36H38N4O5S. The molecule has 0 radical (unpaired) electrons. The quantitative estimate of drug-likeness (QED) is 0.0624. The van der Waals surface area contributed by atoms with E-state index in [1.54, 1.807) is 0 Å². The number of azide groups is 1. The molecule has 0 spiro atoms. The number of carbonyl (C=O) groups is 2. The van der Waals surface area contributed by atoms with Crippen LogP contribution in [0.5, 0.6) is 5.75 Å². The van der Waals surface area contributed by atoms with Gasteiger partial charge in [-0.3, -0.25) is 0 Å². The highest BCUT2D eigenvalue weighted by Crippen LogP contribution is 2.44. The molecule has 0 fully saturated rings. The second-order valence-corrected chi connectivity index (χ2v) is 10.9. The van der Waals surface area contributed by atoms with Gasteiger partial charge < -0.3 is 19.9 Å². The highest BCUT2D eigenvalue weighted by atomic mass is 32.1. The third-order valence-corrected chi connectivity index (χ3v) is 8.08. The Morgan fingerprint density at radius 1 is 0.935 bits per heavy atom. The number of carboxylic acid groups (broad SMARTS) is 1. The molecule has 0 saturated carbocycles. The lowest BCUT2D eigenvalue weighted by Crippen LogP contribution is -2.42. The van der Waals surface area contributed by atoms with Crippen LogP contribution < -0.4 is 10.1 Å². The Balaban J connectivity index is 0.00000480. The zero-order chi connectivity index (χ0) is 31.6. The predicted octanol–water partition coefficient (Wildman–Crippen LogP) is 8.03. The maximum Gasteiger partial charge on any atom is 0.407 e. The molecule has 238 valence electrons. The van der Waals surface area contributed by atoms with Crippen LogP contribution in [0.4, 0.5) is 4.79 Å². The average molecular weight is 639 g/mol. The third kappa shape index (κ3) is 8.21. The SMILES string of the molecule is CCc1cc(OCCCCN=[N+]=[N-])ccc1-c1ccc(C[C@H](NC(=O)OCC2c3ccccc3-c3ccccc32)C(=O)O)cc1.S. The van der Waals surface area contributed by atoms with Crippen LogP contribution in [0.3, 0.4) is 0 Å². The van der Waals surface area contributed by atoms with Crippen molar-refractivity contribution in [3.05, 3.63) is 124 Å². The number of aliphatic carboxylic acids is 1. The average Bonchev–Trinajstić information content (AvgIpc) is 3.39. The van der Waals surface area contributed by atoms with Crippen LogP contribution in [-0.2, 0) is 22.4 Å². The Hall–Kier alpha value is -4.92. The maximum atomic E-state index is 12.8. The molecule has 5 rings (SSSR count). The van der Waals surface area contributed by atoms with Crippen LogP contribution in [0.2, 0.25) is 0 Å². The van der Waals surface area contributed by atoms with E-state index in [4.69, 9.17) is 15.0 Å². The summed E-state index contributed by atoms with van der Waals surface area (Å²) in [5, 5.41) is 15.9. The van der Waals surface area contributed by atoms with Crippen molar-refractivity contribution >= 4 is 25.6 Å². The molecule has 0 aromatic heterocycles. The molecule has 1 aliphatic carbocycles. The van der Waals surface area contributed by atoms with E-state index in [-0.39, 0.29) is 32.4 Å². The highest BCUT2D eigenvalue weighted by Gasteiger charge is 2.30. The van der Waals surface area contributed by atoms with Crippen LogP contribution in [0.15, 0.2) is 96.1 Å². The van der Waals surface area contributed by atoms with Crippen LogP contribution in [0.1, 0.15) is 47.9 Å². The van der Waals surface area contributed by atoms with Crippen molar-refractivity contribution in [2.45, 2.75) is 44.6 Å². The number of nitrogens with zero attached hydrogens (tertiary/aromatic N) is 3. The van der Waals surface area contributed by atoms with Gasteiger partial charge in [0.05, 0.1) is 6.61 Å². The molecular weight excluding hydrogens is 600 g/mol. The van der Waals surface area contributed by atoms with E-state index in [1.165, 1.54) is 0 Å². The number of carboxylic acids is 1. The van der Waals surface area contributed by atoms with E-state index < -0.39 is 18.1 Å². The summed E-state index contributed by atoms with van der Waals surface area (Å²) < 4.78 is 11.5. The van der Waals surface area contributed by atoms with Gasteiger partial charge >= 0.3 is 12.1 Å². The molecule has 1 aliphatic rings. The number of amides is 1. The Bertz CT molecular complexity index is 1660. The number of benzene rings is 4. The van der Waals surface area contributed by atoms with Crippen molar-refractivity contribution in [1.82, 2.24) is 5.32 Å². The van der Waals surface area contributed by atoms with Crippen LogP contribution in [0, 0.1) is 0 Å². The van der Waals surface area contributed by atoms with Crippen molar-refractivity contribution in [1.29, 1.82) is 0 Å². The van der Waals surface area contributed by atoms with Crippen LogP contribution in [-0.4, -0.2) is 43.0 Å². The monoisotopic (exact) mass is 638 g/mol. The summed E-state index contributed by atoms with van der Waals surface area (Å²) in [6, 6.07) is 28.7. The van der Waals surface area contributed by atoms with E-state index in [0.29, 0.717) is 13.2 Å². The van der Waals surface area contributed by atoms with Gasteiger partial charge in [0.25, 0.3) is 0 Å². The molecule has 0 heterocycles. The van der Waals surface area contributed by atoms with Crippen molar-refractivity contribution < 1.29 is 24.2 Å². The van der Waals surface area contributed by atoms with Crippen molar-refractivity contribution in [2.75, 3.05) is 19.8 Å². The molecule has 46 heavy (non-hydrogen) atoms. The van der Waals surface area contributed by atoms with Crippen molar-refractivity contribution in [3.63, 3.8) is 0 Å². The Morgan fingerprint density at radius 3 is 2.24 bits per heavy atom. The number of ether oxygens (including phenoxy) is 2. The molecule has 4 aromatic carbocycles. The maximum absolute atomic E-state index is 12.8. The fraction of sp³-hybridized carbons (Fsp3) is 0.278. The van der Waals surface area contributed by atoms with Crippen LogP contribution >= 0.6 is 13.5 Å². The zero-order valence-corrected chi connectivity index (χ0v) is 26.7. The summed E-state index contributed by atoms with van der Waals surface area (Å²) in [4.78, 5) is 27.6. The molecule has 0 bridgehead atoms. The summed E-state index contributed by atoms with van der Waals surface area (Å²) in [6.07, 6.45) is 1.76. The molecule has 10 heteroatoms. The first kappa shape index (κ1) is 34.0. The lowest BCUT2D eigenvalue weighted by molar-refractivity contribution is -0.139. The normalized spacial score (nSPS) is 12.1. The zero-order valence-electron chi connectivity index (χ0n) is 25.7. The lowest BCUT2D eigenvalue weighted by Gasteiger charge is -2.18. The van der Waals surface area contributed by atoms with Gasteiger partial charge in [-0.05, 0) is 81.4 Å². The number of hydrogen-bond donors (Lipinski definition) is 2. The number of rotatable bonds is 14. The fourth-order valence-corrected chi connectivity index (χ4v) is 5.79. The second kappa shape index (κ2) is 16.4. The molecule has 9 nitrogen and oxygen atoms in total. The number of unbranched alkanes of at least 4 members (excludes halogenated alkanes) is 1. The number of nitrogens with one attached hydrogen (secondary N) is 1. The highest BCUT2D eigenvalue weighted by molar-refractivity contribution is 7.59. The summed E-state index contributed by atoms with van der Waals surface area (Å²) in [5.41, 5.74) is 16.8. The number of fused-ring (bicyclic) bond motifs is 3. The van der Waals surface area contributed by atoms with Crippen molar-refractivity contribution in [3.8, 4) is 28.0 Å². The minimum absolute atomic E-state index is 0. The first-order chi connectivity index (χ1) is 22.0. The van der Waals surface area contributed by atoms with E-state index >= 15 is 0 Å². The van der Waals surface area contributed by atoms with E-state index in [2.05, 4.69) is 34.4 Å². The second-order valence-electron chi connectivity index (χ2n) is 10.9. The largest absolute Gasteiger partial charge is 0.494 e. The summed E-state index contributed by atoms with van der Waals surface area (Å²) >= 11 is 0. The van der Waals surface area contributed by atoms with Gasteiger partial charge in [-0.2, -0.15) is 13.5 Å². The van der Waals surface area contributed by atoms with Crippen molar-refractivity contribution in [2.24, 2.45) is 5.11 Å². The number of alkyl carbamates (subject to hydrolysis) is 1. The Morgan fingerprint density at radius 2 is 1.61 bits per heavy atom. The third-order valence-electron chi connectivity index (χ3n) is 8.08. The molecule has 0 aliphatic heterocycles. The Kier molecular flexibility index (Phi) is 12.1. The van der Waals surface area contributed by atoms with Gasteiger partial charge in [-0.25, -0.2) is 9.59 Å². The molecule has 0 unspecified atom stereocenters. The standard InChI is InChI=1S/C36H36N4O5.H2S/c1-2-25-22-27(44-20-8-7-19-38-40-37)17-18-28(25)26-15-13-24(14-16-26)21-34(35(41)42)39-36(43)45-23-33-31-11-5-3-9-29(31)30-10-4-6-12-32(30)33;/h3-6,9-18,22,33-34H,2,7-8,19-21,23H2,1H3,(H,39,43)(H,41,42);1H2/t34-;/m0./s1. The van der Waals surface area contributed by atoms with E-state index in [9.17, 15) is 14.7 Å². The minimum Gasteiger partial charge on any atom is -0.494 e. The predicted molar refractivity (Wildman–Crippen MR) is 184 cm³/mol. The fourth-order valence-electron chi connectivity index (χ4n) is 5.79. The molecule has 4 aromatic rings. The number of hydrogen-bond acceptors (Lipinski definition) is 5. The van der Waals surface area contributed by atoms with Gasteiger partial charge in [-0.1, -0.05) is 90.9 Å². The summed E-state index contributed by atoms with van der Waals surface area (Å²) in [5.74, 6) is -0.447. The lowest BCUT2D eigenvalue weighted by atomic mass is 9.96. The van der Waals surface area contributed by atoms with E-state index in [0.717, 1.165) is 69.5 Å². The minimum atomic E-state index is -1.14. The van der Waals surface area contributed by atoms with Gasteiger partial charge in [0.1, 0.15) is 18.4 Å². The summed E-state index contributed by atoms with van der Waals surface area (Å²) in [6.45, 7) is 3.21. The smallest absolute Gasteiger partial charge is 0.407 e.